The fourth-order valence-corrected chi connectivity index (χ4v) is 1.45. The molecule has 0 aromatic heterocycles. The second-order valence-corrected chi connectivity index (χ2v) is 4.42. The maximum Gasteiger partial charge on any atom is 0.106 e. The number of hydrogen-bond acceptors (Lipinski definition) is 4. The first kappa shape index (κ1) is 10.5. The highest BCUT2D eigenvalue weighted by molar-refractivity contribution is 5.93. The van der Waals surface area contributed by atoms with Crippen molar-refractivity contribution in [1.29, 1.82) is 0 Å². The van der Waals surface area contributed by atoms with Crippen molar-refractivity contribution in [2.45, 2.75) is 32.4 Å². The van der Waals surface area contributed by atoms with Crippen LogP contribution in [-0.4, -0.2) is 42.4 Å². The minimum Gasteiger partial charge on any atom is -0.399 e. The molecule has 13 heavy (non-hydrogen) atoms. The van der Waals surface area contributed by atoms with Gasteiger partial charge in [-0.15, -0.1) is 0 Å². The Morgan fingerprint density at radius 3 is 2.54 bits per heavy atom. The van der Waals surface area contributed by atoms with Crippen LogP contribution in [0.15, 0.2) is 5.16 Å². The molecule has 1 aliphatic rings. The van der Waals surface area contributed by atoms with Gasteiger partial charge in [0.25, 0.3) is 0 Å². The largest absolute Gasteiger partial charge is 0.399 e. The molecule has 1 saturated heterocycles. The molecule has 1 aliphatic heterocycles. The van der Waals surface area contributed by atoms with Crippen LogP contribution in [0, 0.1) is 0 Å². The first-order valence-electron chi connectivity index (χ1n) is 4.55. The lowest BCUT2D eigenvalue weighted by molar-refractivity contribution is 0.176. The van der Waals surface area contributed by atoms with E-state index in [1.807, 2.05) is 0 Å². The molecule has 0 aliphatic carbocycles. The van der Waals surface area contributed by atoms with Crippen LogP contribution in [0.2, 0.25) is 0 Å². The third kappa shape index (κ3) is 2.42. The Hall–Kier alpha value is -0.610. The van der Waals surface area contributed by atoms with Crippen LogP contribution in [-0.2, 0) is 4.84 Å². The lowest BCUT2D eigenvalue weighted by Gasteiger charge is -2.30. The van der Waals surface area contributed by atoms with E-state index in [2.05, 4.69) is 30.8 Å². The molecule has 76 valence electrons. The Labute approximate surface area is 79.7 Å². The summed E-state index contributed by atoms with van der Waals surface area (Å²) in [7, 11) is 1.56. The second kappa shape index (κ2) is 3.64. The van der Waals surface area contributed by atoms with Gasteiger partial charge in [-0.05, 0) is 20.8 Å². The smallest absolute Gasteiger partial charge is 0.106 e. The van der Waals surface area contributed by atoms with Crippen LogP contribution in [0.4, 0.5) is 0 Å². The third-order valence-electron chi connectivity index (χ3n) is 2.36. The van der Waals surface area contributed by atoms with Gasteiger partial charge < -0.3 is 10.6 Å². The van der Waals surface area contributed by atoms with E-state index in [4.69, 9.17) is 10.6 Å². The Bertz CT molecular complexity index is 207. The topological polar surface area (TPSA) is 50.8 Å². The zero-order chi connectivity index (χ0) is 10.1. The average Bonchev–Trinajstić information content (AvgIpc) is 2.32. The van der Waals surface area contributed by atoms with Gasteiger partial charge >= 0.3 is 0 Å². The van der Waals surface area contributed by atoms with Gasteiger partial charge in [-0.1, -0.05) is 5.16 Å². The highest BCUT2D eigenvalue weighted by Gasteiger charge is 2.33. The lowest BCUT2D eigenvalue weighted by atomic mass is 10.1. The monoisotopic (exact) mass is 185 g/mol. The summed E-state index contributed by atoms with van der Waals surface area (Å²) in [5.74, 6) is 0. The minimum absolute atomic E-state index is 0.0270. The summed E-state index contributed by atoms with van der Waals surface area (Å²) < 4.78 is 0. The van der Waals surface area contributed by atoms with Gasteiger partial charge in [0, 0.05) is 18.6 Å². The Balaban J connectivity index is 2.66. The summed E-state index contributed by atoms with van der Waals surface area (Å²) >= 11 is 0. The van der Waals surface area contributed by atoms with Crippen molar-refractivity contribution in [3.63, 3.8) is 0 Å². The van der Waals surface area contributed by atoms with Crippen molar-refractivity contribution in [3.05, 3.63) is 0 Å². The fourth-order valence-electron chi connectivity index (χ4n) is 1.45. The van der Waals surface area contributed by atoms with Crippen LogP contribution < -0.4 is 5.73 Å². The molecule has 4 nitrogen and oxygen atoms in total. The zero-order valence-corrected chi connectivity index (χ0v) is 8.87. The number of rotatable bonds is 1. The predicted molar refractivity (Wildman–Crippen MR) is 53.7 cm³/mol. The molecular weight excluding hydrogens is 166 g/mol. The van der Waals surface area contributed by atoms with Crippen LogP contribution >= 0.6 is 0 Å². The van der Waals surface area contributed by atoms with Crippen molar-refractivity contribution in [2.75, 3.05) is 20.2 Å². The number of nitrogens with two attached hydrogens (primary N) is 1. The van der Waals surface area contributed by atoms with E-state index in [0.29, 0.717) is 0 Å². The lowest BCUT2D eigenvalue weighted by Crippen LogP contribution is -2.40. The van der Waals surface area contributed by atoms with E-state index in [-0.39, 0.29) is 11.6 Å². The van der Waals surface area contributed by atoms with Gasteiger partial charge in [0.15, 0.2) is 0 Å². The molecule has 1 fully saturated rings. The summed E-state index contributed by atoms with van der Waals surface area (Å²) in [6.07, 6.45) is 0. The molecule has 0 amide bonds. The molecule has 0 aromatic carbocycles. The molecular formula is C9H19N3O. The summed E-state index contributed by atoms with van der Waals surface area (Å²) in [6.45, 7) is 8.21. The molecule has 1 heterocycles. The van der Waals surface area contributed by atoms with E-state index < -0.39 is 0 Å². The van der Waals surface area contributed by atoms with Gasteiger partial charge in [0.1, 0.15) is 7.11 Å². The van der Waals surface area contributed by atoms with Gasteiger partial charge in [0.05, 0.1) is 11.8 Å². The van der Waals surface area contributed by atoms with E-state index in [1.54, 1.807) is 7.11 Å². The molecule has 1 unspecified atom stereocenters. The second-order valence-electron chi connectivity index (χ2n) is 4.42. The Kier molecular flexibility index (Phi) is 2.93. The first-order chi connectivity index (χ1) is 5.95. The standard InChI is InChI=1S/C9H19N3O/c1-9(2,3)12-5-7(10)8(6-12)11-13-4/h7H,5-6,10H2,1-4H3/b11-8-. The minimum atomic E-state index is 0.0270. The molecule has 0 bridgehead atoms. The van der Waals surface area contributed by atoms with Crippen LogP contribution in [0.1, 0.15) is 20.8 Å². The first-order valence-corrected chi connectivity index (χ1v) is 4.55. The highest BCUT2D eigenvalue weighted by atomic mass is 16.6. The van der Waals surface area contributed by atoms with Crippen LogP contribution in [0.25, 0.3) is 0 Å². The molecule has 0 spiro atoms. The van der Waals surface area contributed by atoms with Crippen molar-refractivity contribution in [3.8, 4) is 0 Å². The zero-order valence-electron chi connectivity index (χ0n) is 8.87. The van der Waals surface area contributed by atoms with E-state index in [9.17, 15) is 0 Å². The van der Waals surface area contributed by atoms with Gasteiger partial charge in [-0.25, -0.2) is 0 Å². The maximum atomic E-state index is 5.90. The van der Waals surface area contributed by atoms with Gasteiger partial charge in [-0.2, -0.15) is 0 Å². The SMILES string of the molecule is CO/N=C1/CN(C(C)(C)C)CC1N. The maximum absolute atomic E-state index is 5.90. The summed E-state index contributed by atoms with van der Waals surface area (Å²) in [4.78, 5) is 7.04. The van der Waals surface area contributed by atoms with Crippen molar-refractivity contribution in [1.82, 2.24) is 4.90 Å². The highest BCUT2D eigenvalue weighted by Crippen LogP contribution is 2.18. The third-order valence-corrected chi connectivity index (χ3v) is 2.36. The molecule has 0 aromatic rings. The normalized spacial score (nSPS) is 28.4. The average molecular weight is 185 g/mol. The Morgan fingerprint density at radius 1 is 1.54 bits per heavy atom. The summed E-state index contributed by atoms with van der Waals surface area (Å²) in [5.41, 5.74) is 7.00. The van der Waals surface area contributed by atoms with Gasteiger partial charge in [-0.3, -0.25) is 4.90 Å². The van der Waals surface area contributed by atoms with E-state index >= 15 is 0 Å². The van der Waals surface area contributed by atoms with E-state index in [0.717, 1.165) is 18.8 Å². The number of nitrogens with zero attached hydrogens (tertiary/aromatic N) is 2. The van der Waals surface area contributed by atoms with Crippen molar-refractivity contribution >= 4 is 5.71 Å². The molecule has 0 radical (unpaired) electrons. The molecule has 0 saturated carbocycles. The number of likely N-dealkylation sites (tertiary alicyclic amines) is 1. The number of oxime groups is 1. The summed E-state index contributed by atoms with van der Waals surface area (Å²) in [5, 5.41) is 3.92. The Morgan fingerprint density at radius 2 is 2.15 bits per heavy atom. The quantitative estimate of drug-likeness (QED) is 0.603. The van der Waals surface area contributed by atoms with Crippen LogP contribution in [0.3, 0.4) is 0 Å². The van der Waals surface area contributed by atoms with E-state index in [1.165, 1.54) is 0 Å². The predicted octanol–water partition coefficient (Wildman–Crippen LogP) is 0.430. The van der Waals surface area contributed by atoms with Gasteiger partial charge in [0.2, 0.25) is 0 Å². The molecule has 4 heteroatoms. The molecule has 1 rings (SSSR count). The summed E-state index contributed by atoms with van der Waals surface area (Å²) in [6, 6.07) is 0.0270. The van der Waals surface area contributed by atoms with Crippen molar-refractivity contribution in [2.24, 2.45) is 10.9 Å². The van der Waals surface area contributed by atoms with Crippen LogP contribution in [0.5, 0.6) is 0 Å². The molecule has 1 atom stereocenters. The number of hydrogen-bond donors (Lipinski definition) is 1. The fraction of sp³-hybridized carbons (Fsp3) is 0.889. The molecule has 2 N–H and O–H groups in total. The van der Waals surface area contributed by atoms with Crippen molar-refractivity contribution < 1.29 is 4.84 Å².